The van der Waals surface area contributed by atoms with E-state index in [9.17, 15) is 9.18 Å². The van der Waals surface area contributed by atoms with Gasteiger partial charge in [-0.1, -0.05) is 19.1 Å². The van der Waals surface area contributed by atoms with Crippen molar-refractivity contribution in [3.8, 4) is 0 Å². The first-order valence-electron chi connectivity index (χ1n) is 9.05. The quantitative estimate of drug-likeness (QED) is 0.861. The minimum absolute atomic E-state index is 0.0268. The Morgan fingerprint density at radius 2 is 1.62 bits per heavy atom. The lowest BCUT2D eigenvalue weighted by Gasteiger charge is -2.33. The molecule has 0 bridgehead atoms. The third kappa shape index (κ3) is 4.86. The number of pyridine rings is 1. The maximum atomic E-state index is 13.3. The second-order valence-electron chi connectivity index (χ2n) is 6.54. The van der Waals surface area contributed by atoms with Gasteiger partial charge in [0.15, 0.2) is 0 Å². The zero-order chi connectivity index (χ0) is 18.4. The number of carbonyl (C=O) groups excluding carboxylic acids is 1. The van der Waals surface area contributed by atoms with Crippen LogP contribution in [0.15, 0.2) is 48.8 Å². The summed E-state index contributed by atoms with van der Waals surface area (Å²) < 4.78 is 13.3. The number of hydrogen-bond acceptors (Lipinski definition) is 4. The molecule has 2 heterocycles. The molecule has 1 aromatic carbocycles. The van der Waals surface area contributed by atoms with Gasteiger partial charge in [0.25, 0.3) is 0 Å². The highest BCUT2D eigenvalue weighted by molar-refractivity contribution is 5.79. The lowest BCUT2D eigenvalue weighted by atomic mass is 9.99. The highest BCUT2D eigenvalue weighted by Gasteiger charge is 2.21. The average Bonchev–Trinajstić information content (AvgIpc) is 2.68. The van der Waals surface area contributed by atoms with Gasteiger partial charge in [0, 0.05) is 38.6 Å². The second kappa shape index (κ2) is 8.87. The third-order valence-electron chi connectivity index (χ3n) is 4.83. The van der Waals surface area contributed by atoms with Crippen molar-refractivity contribution in [3.63, 3.8) is 0 Å². The molecule has 1 N–H and O–H groups in total. The van der Waals surface area contributed by atoms with Gasteiger partial charge in [-0.2, -0.15) is 0 Å². The van der Waals surface area contributed by atoms with Gasteiger partial charge in [-0.25, -0.2) is 4.39 Å². The molecule has 1 aromatic heterocycles. The van der Waals surface area contributed by atoms with E-state index >= 15 is 0 Å². The summed E-state index contributed by atoms with van der Waals surface area (Å²) in [6.45, 7) is 7.37. The van der Waals surface area contributed by atoms with E-state index in [1.54, 1.807) is 24.5 Å². The van der Waals surface area contributed by atoms with E-state index in [4.69, 9.17) is 0 Å². The Morgan fingerprint density at radius 1 is 1.04 bits per heavy atom. The summed E-state index contributed by atoms with van der Waals surface area (Å²) in [4.78, 5) is 21.2. The van der Waals surface area contributed by atoms with Crippen LogP contribution in [0.25, 0.3) is 0 Å². The highest BCUT2D eigenvalue weighted by Crippen LogP contribution is 2.22. The summed E-state index contributed by atoms with van der Waals surface area (Å²) in [6, 6.07) is 9.67. The summed E-state index contributed by atoms with van der Waals surface area (Å²) in [5.41, 5.74) is 1.78. The van der Waals surface area contributed by atoms with Crippen molar-refractivity contribution in [3.05, 3.63) is 65.7 Å². The SMILES string of the molecule is CCN1CCN(CC(=O)NC(c2ccncc2)c2ccc(F)cc2)CC1. The van der Waals surface area contributed by atoms with Gasteiger partial charge < -0.3 is 10.2 Å². The van der Waals surface area contributed by atoms with E-state index in [2.05, 4.69) is 27.0 Å². The number of rotatable bonds is 6. The Balaban J connectivity index is 1.68. The van der Waals surface area contributed by atoms with Crippen LogP contribution < -0.4 is 5.32 Å². The van der Waals surface area contributed by atoms with Crippen LogP contribution in [0.4, 0.5) is 4.39 Å². The van der Waals surface area contributed by atoms with E-state index in [1.807, 2.05) is 12.1 Å². The van der Waals surface area contributed by atoms with Crippen LogP contribution in [0.5, 0.6) is 0 Å². The monoisotopic (exact) mass is 356 g/mol. The fraction of sp³-hybridized carbons (Fsp3) is 0.400. The number of nitrogens with zero attached hydrogens (tertiary/aromatic N) is 3. The van der Waals surface area contributed by atoms with E-state index in [0.29, 0.717) is 6.54 Å². The van der Waals surface area contributed by atoms with Crippen molar-refractivity contribution in [2.75, 3.05) is 39.3 Å². The topological polar surface area (TPSA) is 48.5 Å². The van der Waals surface area contributed by atoms with E-state index < -0.39 is 0 Å². The van der Waals surface area contributed by atoms with Crippen LogP contribution >= 0.6 is 0 Å². The Kier molecular flexibility index (Phi) is 6.30. The average molecular weight is 356 g/mol. The molecule has 0 saturated carbocycles. The fourth-order valence-corrected chi connectivity index (χ4v) is 3.24. The summed E-state index contributed by atoms with van der Waals surface area (Å²) in [5, 5.41) is 3.10. The summed E-state index contributed by atoms with van der Waals surface area (Å²) in [7, 11) is 0. The number of piperazine rings is 1. The lowest BCUT2D eigenvalue weighted by molar-refractivity contribution is -0.123. The largest absolute Gasteiger partial charge is 0.344 e. The van der Waals surface area contributed by atoms with Crippen molar-refractivity contribution in [2.24, 2.45) is 0 Å². The molecule has 1 saturated heterocycles. The normalized spacial score (nSPS) is 17.0. The molecule has 0 radical (unpaired) electrons. The molecule has 1 aliphatic heterocycles. The molecule has 1 amide bonds. The van der Waals surface area contributed by atoms with Crippen molar-refractivity contribution in [2.45, 2.75) is 13.0 Å². The Labute approximate surface area is 153 Å². The predicted molar refractivity (Wildman–Crippen MR) is 99.2 cm³/mol. The summed E-state index contributed by atoms with van der Waals surface area (Å²) in [6.07, 6.45) is 3.39. The van der Waals surface area contributed by atoms with Gasteiger partial charge >= 0.3 is 0 Å². The van der Waals surface area contributed by atoms with Crippen LogP contribution in [0.3, 0.4) is 0 Å². The van der Waals surface area contributed by atoms with Gasteiger partial charge in [-0.05, 0) is 41.9 Å². The van der Waals surface area contributed by atoms with Crippen LogP contribution in [-0.2, 0) is 4.79 Å². The van der Waals surface area contributed by atoms with Gasteiger partial charge in [-0.15, -0.1) is 0 Å². The molecule has 6 heteroatoms. The number of halogens is 1. The van der Waals surface area contributed by atoms with Crippen molar-refractivity contribution in [1.29, 1.82) is 0 Å². The minimum atomic E-state index is -0.317. The Morgan fingerprint density at radius 3 is 2.23 bits per heavy atom. The molecule has 2 aromatic rings. The van der Waals surface area contributed by atoms with E-state index in [-0.39, 0.29) is 17.8 Å². The molecule has 5 nitrogen and oxygen atoms in total. The molecule has 1 atom stereocenters. The number of hydrogen-bond donors (Lipinski definition) is 1. The molecule has 26 heavy (non-hydrogen) atoms. The molecule has 138 valence electrons. The standard InChI is InChI=1S/C20H25FN4O/c1-2-24-11-13-25(14-12-24)15-19(26)23-20(17-7-9-22-10-8-17)16-3-5-18(21)6-4-16/h3-10,20H,2,11-15H2,1H3,(H,23,26). The highest BCUT2D eigenvalue weighted by atomic mass is 19.1. The molecule has 1 unspecified atom stereocenters. The van der Waals surface area contributed by atoms with E-state index in [0.717, 1.165) is 43.9 Å². The molecular weight excluding hydrogens is 331 g/mol. The number of nitrogens with one attached hydrogen (secondary N) is 1. The van der Waals surface area contributed by atoms with Gasteiger partial charge in [0.1, 0.15) is 5.82 Å². The van der Waals surface area contributed by atoms with E-state index in [1.165, 1.54) is 12.1 Å². The minimum Gasteiger partial charge on any atom is -0.344 e. The predicted octanol–water partition coefficient (Wildman–Crippen LogP) is 2.06. The fourth-order valence-electron chi connectivity index (χ4n) is 3.24. The molecule has 1 aliphatic rings. The van der Waals surface area contributed by atoms with Crippen LogP contribution in [0.1, 0.15) is 24.1 Å². The molecule has 0 aliphatic carbocycles. The van der Waals surface area contributed by atoms with Crippen LogP contribution in [-0.4, -0.2) is 60.0 Å². The molecule has 0 spiro atoms. The maximum Gasteiger partial charge on any atom is 0.234 e. The van der Waals surface area contributed by atoms with Crippen molar-refractivity contribution >= 4 is 5.91 Å². The zero-order valence-electron chi connectivity index (χ0n) is 15.1. The van der Waals surface area contributed by atoms with Gasteiger partial charge in [0.05, 0.1) is 12.6 Å². The zero-order valence-corrected chi connectivity index (χ0v) is 15.1. The first-order chi connectivity index (χ1) is 12.7. The number of amides is 1. The lowest BCUT2D eigenvalue weighted by Crippen LogP contribution is -2.49. The third-order valence-corrected chi connectivity index (χ3v) is 4.83. The van der Waals surface area contributed by atoms with Crippen LogP contribution in [0.2, 0.25) is 0 Å². The molecule has 1 fully saturated rings. The number of benzene rings is 1. The van der Waals surface area contributed by atoms with Gasteiger partial charge in [-0.3, -0.25) is 14.7 Å². The summed E-state index contributed by atoms with van der Waals surface area (Å²) >= 11 is 0. The smallest absolute Gasteiger partial charge is 0.234 e. The maximum absolute atomic E-state index is 13.3. The first kappa shape index (κ1) is 18.5. The first-order valence-corrected chi connectivity index (χ1v) is 9.05. The molecule has 3 rings (SSSR count). The number of carbonyl (C=O) groups is 1. The number of likely N-dealkylation sites (N-methyl/N-ethyl adjacent to an activating group) is 1. The van der Waals surface area contributed by atoms with Gasteiger partial charge in [0.2, 0.25) is 5.91 Å². The Hall–Kier alpha value is -2.31. The molecular formula is C20H25FN4O. The van der Waals surface area contributed by atoms with Crippen molar-refractivity contribution < 1.29 is 9.18 Å². The van der Waals surface area contributed by atoms with Crippen molar-refractivity contribution in [1.82, 2.24) is 20.1 Å². The second-order valence-corrected chi connectivity index (χ2v) is 6.54. The number of aromatic nitrogens is 1. The Bertz CT molecular complexity index is 700. The van der Waals surface area contributed by atoms with Crippen LogP contribution in [0, 0.1) is 5.82 Å². The summed E-state index contributed by atoms with van der Waals surface area (Å²) in [5.74, 6) is -0.316.